The van der Waals surface area contributed by atoms with Gasteiger partial charge in [-0.15, -0.1) is 0 Å². The van der Waals surface area contributed by atoms with Crippen LogP contribution in [0.25, 0.3) is 0 Å². The highest BCUT2D eigenvalue weighted by Crippen LogP contribution is 1.96. The molecule has 1 unspecified atom stereocenters. The summed E-state index contributed by atoms with van der Waals surface area (Å²) in [4.78, 5) is 33.0. The van der Waals surface area contributed by atoms with Crippen molar-refractivity contribution < 1.29 is 14.7 Å². The van der Waals surface area contributed by atoms with Crippen molar-refractivity contribution in [2.75, 3.05) is 0 Å². The van der Waals surface area contributed by atoms with E-state index in [1.165, 1.54) is 17.6 Å². The van der Waals surface area contributed by atoms with Crippen LogP contribution in [0.3, 0.4) is 0 Å². The summed E-state index contributed by atoms with van der Waals surface area (Å²) in [5.74, 6) is -1.51. The van der Waals surface area contributed by atoms with Gasteiger partial charge >= 0.3 is 5.97 Å². The number of aryl methyl sites for hydroxylation is 1. The number of rotatable bonds is 5. The lowest BCUT2D eigenvalue weighted by molar-refractivity contribution is -0.141. The predicted octanol–water partition coefficient (Wildman–Crippen LogP) is -0.172. The van der Waals surface area contributed by atoms with Crippen LogP contribution in [0, 0.1) is 0 Å². The largest absolute Gasteiger partial charge is 0.480 e. The van der Waals surface area contributed by atoms with Crippen molar-refractivity contribution in [1.29, 1.82) is 0 Å². The molecule has 1 heterocycles. The summed E-state index contributed by atoms with van der Waals surface area (Å²) in [7, 11) is 0. The molecule has 0 spiro atoms. The molecule has 0 bridgehead atoms. The summed E-state index contributed by atoms with van der Waals surface area (Å²) in [5, 5.41) is 11.2. The van der Waals surface area contributed by atoms with Crippen molar-refractivity contribution in [3.05, 3.63) is 34.7 Å². The van der Waals surface area contributed by atoms with Crippen molar-refractivity contribution in [1.82, 2.24) is 9.88 Å². The Morgan fingerprint density at radius 3 is 2.71 bits per heavy atom. The molecule has 0 radical (unpaired) electrons. The fraction of sp³-hybridized carbons (Fsp3) is 0.364. The van der Waals surface area contributed by atoms with Gasteiger partial charge in [0.15, 0.2) is 0 Å². The Hall–Kier alpha value is -2.11. The first-order valence-corrected chi connectivity index (χ1v) is 5.16. The Morgan fingerprint density at radius 1 is 1.47 bits per heavy atom. The molecule has 6 nitrogen and oxygen atoms in total. The first-order chi connectivity index (χ1) is 8.00. The first kappa shape index (κ1) is 13.0. The van der Waals surface area contributed by atoms with Crippen LogP contribution in [0.4, 0.5) is 0 Å². The summed E-state index contributed by atoms with van der Waals surface area (Å²) < 4.78 is 1.40. The third-order valence-corrected chi connectivity index (χ3v) is 2.23. The van der Waals surface area contributed by atoms with E-state index in [1.807, 2.05) is 0 Å². The van der Waals surface area contributed by atoms with Crippen molar-refractivity contribution in [3.8, 4) is 0 Å². The van der Waals surface area contributed by atoms with Crippen molar-refractivity contribution in [3.63, 3.8) is 0 Å². The molecule has 0 saturated heterocycles. The van der Waals surface area contributed by atoms with Crippen LogP contribution >= 0.6 is 0 Å². The van der Waals surface area contributed by atoms with E-state index in [9.17, 15) is 14.4 Å². The fourth-order valence-corrected chi connectivity index (χ4v) is 1.42. The number of hydrogen-bond donors (Lipinski definition) is 2. The average Bonchev–Trinajstić information content (AvgIpc) is 2.25. The molecule has 0 aliphatic rings. The van der Waals surface area contributed by atoms with Gasteiger partial charge in [-0.05, 0) is 12.5 Å². The zero-order valence-electron chi connectivity index (χ0n) is 9.42. The third kappa shape index (κ3) is 4.10. The number of carbonyl (C=O) groups is 2. The number of aromatic nitrogens is 1. The minimum atomic E-state index is -1.11. The molecule has 2 N–H and O–H groups in total. The van der Waals surface area contributed by atoms with Gasteiger partial charge in [-0.25, -0.2) is 4.79 Å². The van der Waals surface area contributed by atoms with Gasteiger partial charge in [0.25, 0.3) is 0 Å². The molecule has 1 atom stereocenters. The SMILES string of the molecule is CC(=O)NC(CCn1ccccc1=O)C(=O)O. The van der Waals surface area contributed by atoms with Crippen molar-refractivity contribution in [2.45, 2.75) is 25.9 Å². The summed E-state index contributed by atoms with van der Waals surface area (Å²) in [6.45, 7) is 1.50. The van der Waals surface area contributed by atoms with Gasteiger partial charge in [0.1, 0.15) is 6.04 Å². The van der Waals surface area contributed by atoms with E-state index in [2.05, 4.69) is 5.32 Å². The molecule has 1 aromatic heterocycles. The highest BCUT2D eigenvalue weighted by molar-refractivity contribution is 5.81. The Balaban J connectivity index is 2.64. The first-order valence-electron chi connectivity index (χ1n) is 5.16. The number of carbonyl (C=O) groups excluding carboxylic acids is 1. The third-order valence-electron chi connectivity index (χ3n) is 2.23. The van der Waals surface area contributed by atoms with Crippen LogP contribution in [0.1, 0.15) is 13.3 Å². The number of hydrogen-bond acceptors (Lipinski definition) is 3. The van der Waals surface area contributed by atoms with Gasteiger partial charge in [0.2, 0.25) is 11.5 Å². The van der Waals surface area contributed by atoms with Crippen molar-refractivity contribution in [2.24, 2.45) is 0 Å². The smallest absolute Gasteiger partial charge is 0.326 e. The maximum atomic E-state index is 11.4. The lowest BCUT2D eigenvalue weighted by Crippen LogP contribution is -2.40. The summed E-state index contributed by atoms with van der Waals surface area (Å²) in [5.41, 5.74) is -0.195. The van der Waals surface area contributed by atoms with Crippen LogP contribution in [0.15, 0.2) is 29.2 Å². The fourth-order valence-electron chi connectivity index (χ4n) is 1.42. The van der Waals surface area contributed by atoms with E-state index in [-0.39, 0.29) is 18.5 Å². The minimum absolute atomic E-state index is 0.166. The molecule has 0 fully saturated rings. The van der Waals surface area contributed by atoms with Crippen LogP contribution < -0.4 is 10.9 Å². The Labute approximate surface area is 97.9 Å². The number of nitrogens with one attached hydrogen (secondary N) is 1. The number of pyridine rings is 1. The Morgan fingerprint density at radius 2 is 2.18 bits per heavy atom. The van der Waals surface area contributed by atoms with Gasteiger partial charge in [-0.2, -0.15) is 0 Å². The van der Waals surface area contributed by atoms with Crippen LogP contribution in [-0.4, -0.2) is 27.6 Å². The predicted molar refractivity (Wildman–Crippen MR) is 60.6 cm³/mol. The van der Waals surface area contributed by atoms with Gasteiger partial charge < -0.3 is 15.0 Å². The summed E-state index contributed by atoms with van der Waals surface area (Å²) in [6, 6.07) is 3.73. The molecular formula is C11H14N2O4. The molecule has 0 saturated carbocycles. The molecule has 92 valence electrons. The maximum absolute atomic E-state index is 11.4. The average molecular weight is 238 g/mol. The van der Waals surface area contributed by atoms with Gasteiger partial charge in [0, 0.05) is 25.7 Å². The lowest BCUT2D eigenvalue weighted by Gasteiger charge is -2.13. The van der Waals surface area contributed by atoms with Gasteiger partial charge in [-0.1, -0.05) is 6.07 Å². The van der Waals surface area contributed by atoms with Crippen molar-refractivity contribution >= 4 is 11.9 Å². The molecule has 0 aromatic carbocycles. The topological polar surface area (TPSA) is 88.4 Å². The van der Waals surface area contributed by atoms with Crippen LogP contribution in [0.2, 0.25) is 0 Å². The molecule has 0 aliphatic carbocycles. The number of carboxylic acids is 1. The second-order valence-corrected chi connectivity index (χ2v) is 3.61. The highest BCUT2D eigenvalue weighted by Gasteiger charge is 2.17. The molecular weight excluding hydrogens is 224 g/mol. The second-order valence-electron chi connectivity index (χ2n) is 3.61. The van der Waals surface area contributed by atoms with E-state index in [4.69, 9.17) is 5.11 Å². The number of nitrogens with zero attached hydrogens (tertiary/aromatic N) is 1. The minimum Gasteiger partial charge on any atom is -0.480 e. The monoisotopic (exact) mass is 238 g/mol. The van der Waals surface area contributed by atoms with E-state index >= 15 is 0 Å². The Kier molecular flexibility index (Phi) is 4.45. The van der Waals surface area contributed by atoms with E-state index < -0.39 is 17.9 Å². The van der Waals surface area contributed by atoms with E-state index in [0.29, 0.717) is 0 Å². The normalized spacial score (nSPS) is 11.8. The molecule has 1 amide bonds. The lowest BCUT2D eigenvalue weighted by atomic mass is 10.2. The molecule has 1 aromatic rings. The standard InChI is InChI=1S/C11H14N2O4/c1-8(14)12-9(11(16)17)5-7-13-6-3-2-4-10(13)15/h2-4,6,9H,5,7H2,1H3,(H,12,14)(H,16,17). The molecule has 6 heteroatoms. The van der Waals surface area contributed by atoms with E-state index in [0.717, 1.165) is 0 Å². The quantitative estimate of drug-likeness (QED) is 0.745. The molecule has 1 rings (SSSR count). The summed E-state index contributed by atoms with van der Waals surface area (Å²) in [6.07, 6.45) is 1.74. The molecule has 0 aliphatic heterocycles. The van der Waals surface area contributed by atoms with Crippen LogP contribution in [-0.2, 0) is 16.1 Å². The number of aliphatic carboxylic acids is 1. The highest BCUT2D eigenvalue weighted by atomic mass is 16.4. The van der Waals surface area contributed by atoms with E-state index in [1.54, 1.807) is 18.3 Å². The summed E-state index contributed by atoms with van der Waals surface area (Å²) >= 11 is 0. The Bertz CT molecular complexity index is 467. The van der Waals surface area contributed by atoms with Crippen LogP contribution in [0.5, 0.6) is 0 Å². The zero-order chi connectivity index (χ0) is 12.8. The molecule has 17 heavy (non-hydrogen) atoms. The number of amides is 1. The van der Waals surface area contributed by atoms with Gasteiger partial charge in [0.05, 0.1) is 0 Å². The maximum Gasteiger partial charge on any atom is 0.326 e. The second kappa shape index (κ2) is 5.83. The number of carboxylic acid groups (broad SMARTS) is 1. The zero-order valence-corrected chi connectivity index (χ0v) is 9.42. The van der Waals surface area contributed by atoms with Gasteiger partial charge in [-0.3, -0.25) is 9.59 Å².